The average molecular weight is 354 g/mol. The Morgan fingerprint density at radius 2 is 2.09 bits per heavy atom. The lowest BCUT2D eigenvalue weighted by atomic mass is 9.93. The molecule has 23 heavy (non-hydrogen) atoms. The van der Waals surface area contributed by atoms with Crippen LogP contribution in [0.2, 0.25) is 5.02 Å². The Labute approximate surface area is 148 Å². The van der Waals surface area contributed by atoms with E-state index in [1.165, 1.54) is 0 Å². The largest absolute Gasteiger partial charge is 0.358 e. The standard InChI is InChI=1S/C17H24ClN3OS/c1-12-11-17(2,3)20-16(23)21(12)10-4-5-15(22)19-14-8-6-13(18)7-9-14/h6-9,12H,4-5,10-11H2,1-3H3,(H,19,22)(H,20,23)/t12-/m1/s1. The summed E-state index contributed by atoms with van der Waals surface area (Å²) in [6, 6.07) is 7.51. The van der Waals surface area contributed by atoms with Crippen molar-refractivity contribution >= 4 is 40.5 Å². The van der Waals surface area contributed by atoms with Crippen molar-refractivity contribution in [2.45, 2.75) is 51.6 Å². The number of carbonyl (C=O) groups is 1. The van der Waals surface area contributed by atoms with Crippen molar-refractivity contribution in [2.24, 2.45) is 0 Å². The Hall–Kier alpha value is -1.33. The molecule has 1 aliphatic rings. The fraction of sp³-hybridized carbons (Fsp3) is 0.529. The van der Waals surface area contributed by atoms with E-state index in [0.29, 0.717) is 17.5 Å². The number of hydrogen-bond donors (Lipinski definition) is 2. The molecular weight excluding hydrogens is 330 g/mol. The quantitative estimate of drug-likeness (QED) is 0.790. The number of hydrogen-bond acceptors (Lipinski definition) is 2. The molecule has 2 rings (SSSR count). The third-order valence-corrected chi connectivity index (χ3v) is 4.56. The molecule has 1 saturated heterocycles. The van der Waals surface area contributed by atoms with E-state index < -0.39 is 0 Å². The lowest BCUT2D eigenvalue weighted by Crippen LogP contribution is -2.60. The first-order valence-electron chi connectivity index (χ1n) is 7.91. The second-order valence-electron chi connectivity index (χ2n) is 6.72. The SMILES string of the molecule is C[C@@H]1CC(C)(C)NC(=S)N1CCCC(=O)Nc1ccc(Cl)cc1. The Balaban J connectivity index is 1.77. The van der Waals surface area contributed by atoms with E-state index in [1.54, 1.807) is 24.3 Å². The van der Waals surface area contributed by atoms with Gasteiger partial charge in [0, 0.05) is 35.3 Å². The topological polar surface area (TPSA) is 44.4 Å². The maximum atomic E-state index is 12.0. The van der Waals surface area contributed by atoms with Gasteiger partial charge in [-0.25, -0.2) is 0 Å². The molecule has 1 amide bonds. The van der Waals surface area contributed by atoms with E-state index in [2.05, 4.69) is 36.3 Å². The Morgan fingerprint density at radius 3 is 2.70 bits per heavy atom. The van der Waals surface area contributed by atoms with Gasteiger partial charge in [0.05, 0.1) is 0 Å². The minimum atomic E-state index is 0.0104. The van der Waals surface area contributed by atoms with E-state index in [0.717, 1.165) is 30.2 Å². The first-order chi connectivity index (χ1) is 10.8. The van der Waals surface area contributed by atoms with Crippen LogP contribution in [0.25, 0.3) is 0 Å². The monoisotopic (exact) mass is 353 g/mol. The predicted molar refractivity (Wildman–Crippen MR) is 99.9 cm³/mol. The van der Waals surface area contributed by atoms with Crippen LogP contribution < -0.4 is 10.6 Å². The lowest BCUT2D eigenvalue weighted by molar-refractivity contribution is -0.116. The molecule has 1 aromatic carbocycles. The second-order valence-corrected chi connectivity index (χ2v) is 7.54. The zero-order valence-electron chi connectivity index (χ0n) is 13.9. The number of thiocarbonyl (C=S) groups is 1. The number of rotatable bonds is 5. The highest BCUT2D eigenvalue weighted by Crippen LogP contribution is 2.22. The van der Waals surface area contributed by atoms with Crippen molar-refractivity contribution < 1.29 is 4.79 Å². The number of benzene rings is 1. The van der Waals surface area contributed by atoms with Crippen molar-refractivity contribution in [1.82, 2.24) is 10.2 Å². The summed E-state index contributed by atoms with van der Waals surface area (Å²) in [4.78, 5) is 14.2. The van der Waals surface area contributed by atoms with Gasteiger partial charge >= 0.3 is 0 Å². The van der Waals surface area contributed by atoms with Crippen molar-refractivity contribution in [3.63, 3.8) is 0 Å². The highest BCUT2D eigenvalue weighted by Gasteiger charge is 2.32. The number of halogens is 1. The minimum absolute atomic E-state index is 0.0104. The number of nitrogens with zero attached hydrogens (tertiary/aromatic N) is 1. The maximum absolute atomic E-state index is 12.0. The molecule has 0 aromatic heterocycles. The number of amides is 1. The Bertz CT molecular complexity index is 574. The zero-order chi connectivity index (χ0) is 17.0. The summed E-state index contributed by atoms with van der Waals surface area (Å²) in [6.07, 6.45) is 2.27. The van der Waals surface area contributed by atoms with Crippen LogP contribution in [0, 0.1) is 0 Å². The van der Waals surface area contributed by atoms with E-state index in [-0.39, 0.29) is 11.4 Å². The molecule has 0 aliphatic carbocycles. The molecule has 0 unspecified atom stereocenters. The summed E-state index contributed by atoms with van der Waals surface area (Å²) in [5.41, 5.74) is 0.809. The Morgan fingerprint density at radius 1 is 1.43 bits per heavy atom. The van der Waals surface area contributed by atoms with E-state index in [9.17, 15) is 4.79 Å². The Kier molecular flexibility index (Phi) is 5.87. The lowest BCUT2D eigenvalue weighted by Gasteiger charge is -2.44. The molecule has 6 heteroatoms. The summed E-state index contributed by atoms with van der Waals surface area (Å²) < 4.78 is 0. The van der Waals surface area contributed by atoms with Gasteiger partial charge in [-0.3, -0.25) is 4.79 Å². The average Bonchev–Trinajstić information content (AvgIpc) is 2.43. The van der Waals surface area contributed by atoms with Gasteiger partial charge in [0.15, 0.2) is 5.11 Å². The van der Waals surface area contributed by atoms with Gasteiger partial charge in [-0.1, -0.05) is 11.6 Å². The van der Waals surface area contributed by atoms with E-state index >= 15 is 0 Å². The van der Waals surface area contributed by atoms with Crippen LogP contribution in [0.15, 0.2) is 24.3 Å². The van der Waals surface area contributed by atoms with Gasteiger partial charge < -0.3 is 15.5 Å². The van der Waals surface area contributed by atoms with Gasteiger partial charge in [0.1, 0.15) is 0 Å². The first kappa shape index (κ1) is 18.0. The molecule has 2 N–H and O–H groups in total. The predicted octanol–water partition coefficient (Wildman–Crippen LogP) is 3.81. The third kappa shape index (κ3) is 5.36. The van der Waals surface area contributed by atoms with Crippen LogP contribution in [-0.2, 0) is 4.79 Å². The smallest absolute Gasteiger partial charge is 0.224 e. The highest BCUT2D eigenvalue weighted by molar-refractivity contribution is 7.80. The van der Waals surface area contributed by atoms with Gasteiger partial charge in [0.25, 0.3) is 0 Å². The second kappa shape index (κ2) is 7.49. The summed E-state index contributed by atoms with van der Waals surface area (Å²) >= 11 is 11.3. The fourth-order valence-electron chi connectivity index (χ4n) is 2.95. The molecule has 1 atom stereocenters. The van der Waals surface area contributed by atoms with Crippen molar-refractivity contribution in [2.75, 3.05) is 11.9 Å². The molecule has 0 bridgehead atoms. The van der Waals surface area contributed by atoms with Gasteiger partial charge in [-0.2, -0.15) is 0 Å². The zero-order valence-corrected chi connectivity index (χ0v) is 15.4. The third-order valence-electron chi connectivity index (χ3n) is 3.97. The van der Waals surface area contributed by atoms with Crippen molar-refractivity contribution in [1.29, 1.82) is 0 Å². The van der Waals surface area contributed by atoms with Crippen molar-refractivity contribution in [3.05, 3.63) is 29.3 Å². The van der Waals surface area contributed by atoms with Crippen LogP contribution in [0.4, 0.5) is 5.69 Å². The number of carbonyl (C=O) groups excluding carboxylic acids is 1. The molecular formula is C17H24ClN3OS. The number of anilines is 1. The first-order valence-corrected chi connectivity index (χ1v) is 8.70. The van der Waals surface area contributed by atoms with Crippen LogP contribution >= 0.6 is 23.8 Å². The van der Waals surface area contributed by atoms with E-state index in [1.807, 2.05) is 0 Å². The summed E-state index contributed by atoms with van der Waals surface area (Å²) in [7, 11) is 0. The van der Waals surface area contributed by atoms with Gasteiger partial charge in [0.2, 0.25) is 5.91 Å². The van der Waals surface area contributed by atoms with Gasteiger partial charge in [-0.05, 0) is 70.1 Å². The molecule has 0 spiro atoms. The summed E-state index contributed by atoms with van der Waals surface area (Å²) in [5.74, 6) is 0.0104. The van der Waals surface area contributed by atoms with Crippen LogP contribution in [0.3, 0.4) is 0 Å². The molecule has 0 saturated carbocycles. The molecule has 1 aromatic rings. The van der Waals surface area contributed by atoms with Crippen LogP contribution in [0.5, 0.6) is 0 Å². The normalized spacial score (nSPS) is 20.1. The number of nitrogens with one attached hydrogen (secondary N) is 2. The fourth-order valence-corrected chi connectivity index (χ4v) is 3.62. The molecule has 1 aliphatic heterocycles. The molecule has 0 radical (unpaired) electrons. The molecule has 1 heterocycles. The van der Waals surface area contributed by atoms with Gasteiger partial charge in [-0.15, -0.1) is 0 Å². The van der Waals surface area contributed by atoms with Crippen LogP contribution in [-0.4, -0.2) is 34.0 Å². The van der Waals surface area contributed by atoms with E-state index in [4.69, 9.17) is 23.8 Å². The maximum Gasteiger partial charge on any atom is 0.224 e. The molecule has 126 valence electrons. The van der Waals surface area contributed by atoms with Crippen LogP contribution in [0.1, 0.15) is 40.0 Å². The summed E-state index contributed by atoms with van der Waals surface area (Å²) in [6.45, 7) is 7.29. The van der Waals surface area contributed by atoms with Crippen molar-refractivity contribution in [3.8, 4) is 0 Å². The molecule has 1 fully saturated rings. The minimum Gasteiger partial charge on any atom is -0.358 e. The highest BCUT2D eigenvalue weighted by atomic mass is 35.5. The molecule has 4 nitrogen and oxygen atoms in total. The summed E-state index contributed by atoms with van der Waals surface area (Å²) in [5, 5.41) is 7.68.